The number of carbonyl (C=O) groups excluding carboxylic acids is 1. The van der Waals surface area contributed by atoms with E-state index in [0.717, 1.165) is 35.7 Å². The molecular weight excluding hydrogens is 331 g/mol. The molecule has 0 aliphatic rings. The van der Waals surface area contributed by atoms with Crippen molar-refractivity contribution in [2.75, 3.05) is 26.0 Å². The van der Waals surface area contributed by atoms with Gasteiger partial charge >= 0.3 is 0 Å². The third kappa shape index (κ3) is 6.20. The van der Waals surface area contributed by atoms with E-state index < -0.39 is 0 Å². The van der Waals surface area contributed by atoms with Gasteiger partial charge in [0, 0.05) is 39.8 Å². The van der Waals surface area contributed by atoms with Gasteiger partial charge in [0.05, 0.1) is 0 Å². The number of nitrogens with one attached hydrogen (secondary N) is 2. The minimum absolute atomic E-state index is 0.0791. The lowest BCUT2D eigenvalue weighted by Gasteiger charge is -2.22. The van der Waals surface area contributed by atoms with Crippen molar-refractivity contribution in [2.45, 2.75) is 19.9 Å². The van der Waals surface area contributed by atoms with Gasteiger partial charge < -0.3 is 15.5 Å². The van der Waals surface area contributed by atoms with Gasteiger partial charge in [-0.2, -0.15) is 0 Å². The summed E-state index contributed by atoms with van der Waals surface area (Å²) in [6.45, 7) is 2.78. The molecule has 0 unspecified atom stereocenters. The van der Waals surface area contributed by atoms with Gasteiger partial charge in [-0.3, -0.25) is 9.79 Å². The molecular formula is C20H25FN4O. The second kappa shape index (κ2) is 9.56. The summed E-state index contributed by atoms with van der Waals surface area (Å²) in [5, 5.41) is 6.06. The molecule has 0 atom stereocenters. The summed E-state index contributed by atoms with van der Waals surface area (Å²) in [5.41, 5.74) is 2.85. The average Bonchev–Trinajstić information content (AvgIpc) is 2.59. The summed E-state index contributed by atoms with van der Waals surface area (Å²) in [4.78, 5) is 17.3. The monoisotopic (exact) mass is 356 g/mol. The zero-order valence-corrected chi connectivity index (χ0v) is 15.4. The third-order valence-corrected chi connectivity index (χ3v) is 3.85. The predicted octanol–water partition coefficient (Wildman–Crippen LogP) is 3.03. The van der Waals surface area contributed by atoms with Crippen LogP contribution in [0, 0.1) is 5.82 Å². The van der Waals surface area contributed by atoms with Gasteiger partial charge in [0.15, 0.2) is 5.96 Å². The SMILES string of the molecule is CN=C(NCCc1ccc(NC(C)=O)cc1)N(C)Cc1cccc(F)c1. The topological polar surface area (TPSA) is 56.7 Å². The molecule has 2 aromatic carbocycles. The molecule has 0 aliphatic heterocycles. The number of hydrogen-bond donors (Lipinski definition) is 2. The number of carbonyl (C=O) groups is 1. The van der Waals surface area contributed by atoms with Gasteiger partial charge in [-0.05, 0) is 41.8 Å². The van der Waals surface area contributed by atoms with E-state index >= 15 is 0 Å². The summed E-state index contributed by atoms with van der Waals surface area (Å²) in [6, 6.07) is 14.3. The summed E-state index contributed by atoms with van der Waals surface area (Å²) in [7, 11) is 3.65. The predicted molar refractivity (Wildman–Crippen MR) is 104 cm³/mol. The molecule has 0 aromatic heterocycles. The molecule has 138 valence electrons. The van der Waals surface area contributed by atoms with Crippen LogP contribution in [0.3, 0.4) is 0 Å². The number of guanidine groups is 1. The molecule has 2 rings (SSSR count). The third-order valence-electron chi connectivity index (χ3n) is 3.85. The van der Waals surface area contributed by atoms with Crippen LogP contribution < -0.4 is 10.6 Å². The van der Waals surface area contributed by atoms with E-state index in [1.807, 2.05) is 42.3 Å². The van der Waals surface area contributed by atoms with E-state index in [0.29, 0.717) is 6.54 Å². The van der Waals surface area contributed by atoms with Crippen LogP contribution in [0.25, 0.3) is 0 Å². The van der Waals surface area contributed by atoms with Gasteiger partial charge in [-0.25, -0.2) is 4.39 Å². The molecule has 2 aromatic rings. The van der Waals surface area contributed by atoms with Gasteiger partial charge in [0.25, 0.3) is 0 Å². The van der Waals surface area contributed by atoms with Crippen LogP contribution in [-0.4, -0.2) is 37.4 Å². The molecule has 26 heavy (non-hydrogen) atoms. The van der Waals surface area contributed by atoms with E-state index in [4.69, 9.17) is 0 Å². The number of benzene rings is 2. The van der Waals surface area contributed by atoms with E-state index in [1.165, 1.54) is 19.1 Å². The van der Waals surface area contributed by atoms with E-state index in [2.05, 4.69) is 15.6 Å². The van der Waals surface area contributed by atoms with Crippen LogP contribution >= 0.6 is 0 Å². The fourth-order valence-electron chi connectivity index (χ4n) is 2.65. The minimum atomic E-state index is -0.235. The summed E-state index contributed by atoms with van der Waals surface area (Å²) in [6.07, 6.45) is 0.827. The van der Waals surface area contributed by atoms with Crippen molar-refractivity contribution in [1.29, 1.82) is 0 Å². The highest BCUT2D eigenvalue weighted by molar-refractivity contribution is 5.88. The maximum atomic E-state index is 13.3. The Morgan fingerprint density at radius 2 is 1.88 bits per heavy atom. The second-order valence-electron chi connectivity index (χ2n) is 6.09. The first-order chi connectivity index (χ1) is 12.5. The van der Waals surface area contributed by atoms with Gasteiger partial charge in [-0.15, -0.1) is 0 Å². The maximum Gasteiger partial charge on any atom is 0.221 e. The Hall–Kier alpha value is -2.89. The van der Waals surface area contributed by atoms with Crippen LogP contribution in [0.1, 0.15) is 18.1 Å². The van der Waals surface area contributed by atoms with Crippen LogP contribution in [0.15, 0.2) is 53.5 Å². The van der Waals surface area contributed by atoms with Gasteiger partial charge in [0.2, 0.25) is 5.91 Å². The quantitative estimate of drug-likeness (QED) is 0.618. The van der Waals surface area contributed by atoms with E-state index in [-0.39, 0.29) is 11.7 Å². The van der Waals surface area contributed by atoms with Crippen LogP contribution in [-0.2, 0) is 17.8 Å². The zero-order chi connectivity index (χ0) is 18.9. The number of halogens is 1. The Balaban J connectivity index is 1.83. The van der Waals surface area contributed by atoms with Crippen molar-refractivity contribution >= 4 is 17.6 Å². The number of rotatable bonds is 6. The highest BCUT2D eigenvalue weighted by Crippen LogP contribution is 2.10. The largest absolute Gasteiger partial charge is 0.356 e. The van der Waals surface area contributed by atoms with Gasteiger partial charge in [0.1, 0.15) is 5.82 Å². The van der Waals surface area contributed by atoms with Crippen molar-refractivity contribution in [3.05, 3.63) is 65.5 Å². The number of aliphatic imine (C=N–C) groups is 1. The van der Waals surface area contributed by atoms with Crippen molar-refractivity contribution in [3.8, 4) is 0 Å². The minimum Gasteiger partial charge on any atom is -0.356 e. The highest BCUT2D eigenvalue weighted by atomic mass is 19.1. The van der Waals surface area contributed by atoms with Crippen LogP contribution in [0.5, 0.6) is 0 Å². The number of nitrogens with zero attached hydrogens (tertiary/aromatic N) is 2. The van der Waals surface area contributed by atoms with Crippen LogP contribution in [0.4, 0.5) is 10.1 Å². The molecule has 0 radical (unpaired) electrons. The highest BCUT2D eigenvalue weighted by Gasteiger charge is 2.07. The second-order valence-corrected chi connectivity index (χ2v) is 6.09. The lowest BCUT2D eigenvalue weighted by Crippen LogP contribution is -2.39. The molecule has 0 bridgehead atoms. The van der Waals surface area contributed by atoms with Crippen molar-refractivity contribution in [2.24, 2.45) is 4.99 Å². The molecule has 0 saturated heterocycles. The van der Waals surface area contributed by atoms with Crippen molar-refractivity contribution in [3.63, 3.8) is 0 Å². The zero-order valence-electron chi connectivity index (χ0n) is 15.4. The molecule has 1 amide bonds. The lowest BCUT2D eigenvalue weighted by atomic mass is 10.1. The summed E-state index contributed by atoms with van der Waals surface area (Å²) in [5.74, 6) is 0.440. The van der Waals surface area contributed by atoms with E-state index in [1.54, 1.807) is 13.1 Å². The molecule has 0 heterocycles. The molecule has 0 saturated carbocycles. The molecule has 5 nitrogen and oxygen atoms in total. The summed E-state index contributed by atoms with van der Waals surface area (Å²) < 4.78 is 13.3. The average molecular weight is 356 g/mol. The smallest absolute Gasteiger partial charge is 0.221 e. The van der Waals surface area contributed by atoms with E-state index in [9.17, 15) is 9.18 Å². The first kappa shape index (κ1) is 19.4. The first-order valence-corrected chi connectivity index (χ1v) is 8.50. The Morgan fingerprint density at radius 1 is 1.15 bits per heavy atom. The van der Waals surface area contributed by atoms with Crippen molar-refractivity contribution in [1.82, 2.24) is 10.2 Å². The fourth-order valence-corrected chi connectivity index (χ4v) is 2.65. The molecule has 6 heteroatoms. The molecule has 2 N–H and O–H groups in total. The standard InChI is InChI=1S/C20H25FN4O/c1-15(26)24-19-9-7-16(8-10-19)11-12-23-20(22-2)25(3)14-17-5-4-6-18(21)13-17/h4-10,13H,11-12,14H2,1-3H3,(H,22,23)(H,24,26). The van der Waals surface area contributed by atoms with Crippen molar-refractivity contribution < 1.29 is 9.18 Å². The Bertz CT molecular complexity index is 759. The maximum absolute atomic E-state index is 13.3. The molecule has 0 aliphatic carbocycles. The van der Waals surface area contributed by atoms with Crippen LogP contribution in [0.2, 0.25) is 0 Å². The lowest BCUT2D eigenvalue weighted by molar-refractivity contribution is -0.114. The normalized spacial score (nSPS) is 11.2. The fraction of sp³-hybridized carbons (Fsp3) is 0.300. The Kier molecular flexibility index (Phi) is 7.14. The number of anilines is 1. The Labute approximate surface area is 153 Å². The van der Waals surface area contributed by atoms with Gasteiger partial charge in [-0.1, -0.05) is 24.3 Å². The first-order valence-electron chi connectivity index (χ1n) is 8.50. The molecule has 0 fully saturated rings. The number of amides is 1. The summed E-state index contributed by atoms with van der Waals surface area (Å²) >= 11 is 0. The number of hydrogen-bond acceptors (Lipinski definition) is 2. The molecule has 0 spiro atoms. The Morgan fingerprint density at radius 3 is 2.50 bits per heavy atom.